The highest BCUT2D eigenvalue weighted by atomic mass is 16.5. The molecule has 1 aromatic rings. The van der Waals surface area contributed by atoms with Gasteiger partial charge < -0.3 is 10.1 Å². The minimum absolute atomic E-state index is 0.225. The number of hydrogen-bond acceptors (Lipinski definition) is 4. The zero-order chi connectivity index (χ0) is 10.7. The van der Waals surface area contributed by atoms with E-state index in [-0.39, 0.29) is 6.04 Å². The topological polar surface area (TPSA) is 62.8 Å². The van der Waals surface area contributed by atoms with Gasteiger partial charge in [-0.25, -0.2) is 4.98 Å². The van der Waals surface area contributed by atoms with Crippen LogP contribution in [-0.4, -0.2) is 33.9 Å². The maximum absolute atomic E-state index is 5.50. The SMILES string of the molecule is CC1CC(NC(C)c2ncn[nH]2)CCO1. The Labute approximate surface area is 89.6 Å². The summed E-state index contributed by atoms with van der Waals surface area (Å²) in [6, 6.07) is 0.747. The normalized spacial score (nSPS) is 28.9. The van der Waals surface area contributed by atoms with Gasteiger partial charge >= 0.3 is 0 Å². The van der Waals surface area contributed by atoms with Crippen molar-refractivity contribution < 1.29 is 4.74 Å². The number of aromatic nitrogens is 3. The molecule has 1 fully saturated rings. The third kappa shape index (κ3) is 2.76. The number of nitrogens with one attached hydrogen (secondary N) is 2. The van der Waals surface area contributed by atoms with Gasteiger partial charge in [-0.1, -0.05) is 0 Å². The smallest absolute Gasteiger partial charge is 0.141 e. The Balaban J connectivity index is 1.86. The summed E-state index contributed by atoms with van der Waals surface area (Å²) in [7, 11) is 0. The maximum Gasteiger partial charge on any atom is 0.141 e. The second kappa shape index (κ2) is 4.72. The number of rotatable bonds is 3. The number of aromatic amines is 1. The summed E-state index contributed by atoms with van der Waals surface area (Å²) in [6.45, 7) is 5.07. The Morgan fingerprint density at radius 1 is 1.67 bits per heavy atom. The van der Waals surface area contributed by atoms with Gasteiger partial charge in [-0.2, -0.15) is 5.10 Å². The quantitative estimate of drug-likeness (QED) is 0.782. The molecule has 0 aliphatic carbocycles. The fraction of sp³-hybridized carbons (Fsp3) is 0.800. The number of hydrogen-bond donors (Lipinski definition) is 2. The monoisotopic (exact) mass is 210 g/mol. The van der Waals surface area contributed by atoms with Gasteiger partial charge in [0, 0.05) is 12.6 Å². The molecule has 0 spiro atoms. The van der Waals surface area contributed by atoms with E-state index >= 15 is 0 Å². The molecule has 15 heavy (non-hydrogen) atoms. The summed E-state index contributed by atoms with van der Waals surface area (Å²) in [5.41, 5.74) is 0. The molecule has 5 heteroatoms. The zero-order valence-corrected chi connectivity index (χ0v) is 9.23. The molecule has 0 aromatic carbocycles. The molecule has 2 rings (SSSR count). The lowest BCUT2D eigenvalue weighted by molar-refractivity contribution is 0.0114. The average Bonchev–Trinajstić information content (AvgIpc) is 2.70. The van der Waals surface area contributed by atoms with Gasteiger partial charge in [-0.15, -0.1) is 0 Å². The molecule has 3 atom stereocenters. The van der Waals surface area contributed by atoms with Crippen LogP contribution in [0.1, 0.15) is 38.6 Å². The van der Waals surface area contributed by atoms with Crippen LogP contribution in [0.25, 0.3) is 0 Å². The Morgan fingerprint density at radius 2 is 2.53 bits per heavy atom. The van der Waals surface area contributed by atoms with Crippen molar-refractivity contribution in [3.8, 4) is 0 Å². The first-order valence-corrected chi connectivity index (χ1v) is 5.48. The van der Waals surface area contributed by atoms with Gasteiger partial charge in [0.25, 0.3) is 0 Å². The highest BCUT2D eigenvalue weighted by molar-refractivity contribution is 4.91. The largest absolute Gasteiger partial charge is 0.378 e. The molecule has 2 N–H and O–H groups in total. The lowest BCUT2D eigenvalue weighted by Gasteiger charge is -2.29. The number of nitrogens with zero attached hydrogens (tertiary/aromatic N) is 2. The third-order valence-electron chi connectivity index (χ3n) is 2.81. The van der Waals surface area contributed by atoms with Crippen molar-refractivity contribution >= 4 is 0 Å². The molecule has 0 bridgehead atoms. The van der Waals surface area contributed by atoms with Crippen LogP contribution in [0.2, 0.25) is 0 Å². The molecule has 5 nitrogen and oxygen atoms in total. The average molecular weight is 210 g/mol. The number of H-pyrrole nitrogens is 1. The van der Waals surface area contributed by atoms with E-state index in [0.717, 1.165) is 25.3 Å². The fourth-order valence-electron chi connectivity index (χ4n) is 2.01. The van der Waals surface area contributed by atoms with Crippen LogP contribution in [0.5, 0.6) is 0 Å². The van der Waals surface area contributed by atoms with Crippen molar-refractivity contribution in [1.82, 2.24) is 20.5 Å². The van der Waals surface area contributed by atoms with Gasteiger partial charge in [-0.3, -0.25) is 5.10 Å². The minimum atomic E-state index is 0.225. The summed E-state index contributed by atoms with van der Waals surface area (Å²) in [5.74, 6) is 0.897. The molecule has 1 saturated heterocycles. The lowest BCUT2D eigenvalue weighted by atomic mass is 10.0. The summed E-state index contributed by atoms with van der Waals surface area (Å²) in [6.07, 6.45) is 4.04. The van der Waals surface area contributed by atoms with Crippen molar-refractivity contribution in [3.05, 3.63) is 12.2 Å². The van der Waals surface area contributed by atoms with Crippen molar-refractivity contribution in [2.24, 2.45) is 0 Å². The highest BCUT2D eigenvalue weighted by Gasteiger charge is 2.21. The Morgan fingerprint density at radius 3 is 3.20 bits per heavy atom. The molecule has 2 heterocycles. The van der Waals surface area contributed by atoms with Gasteiger partial charge in [0.15, 0.2) is 0 Å². The van der Waals surface area contributed by atoms with Crippen molar-refractivity contribution in [2.45, 2.75) is 44.9 Å². The van der Waals surface area contributed by atoms with E-state index < -0.39 is 0 Å². The maximum atomic E-state index is 5.50. The van der Waals surface area contributed by atoms with Crippen LogP contribution in [-0.2, 0) is 4.74 Å². The first-order chi connectivity index (χ1) is 7.25. The molecule has 84 valence electrons. The predicted octanol–water partition coefficient (Wildman–Crippen LogP) is 1.02. The third-order valence-corrected chi connectivity index (χ3v) is 2.81. The number of ether oxygens (including phenoxy) is 1. The molecule has 0 radical (unpaired) electrons. The van der Waals surface area contributed by atoms with Crippen LogP contribution in [0.4, 0.5) is 0 Å². The predicted molar refractivity (Wildman–Crippen MR) is 56.4 cm³/mol. The van der Waals surface area contributed by atoms with Crippen LogP contribution in [0.3, 0.4) is 0 Å². The Kier molecular flexibility index (Phi) is 3.33. The van der Waals surface area contributed by atoms with Gasteiger partial charge in [0.05, 0.1) is 12.1 Å². The van der Waals surface area contributed by atoms with E-state index in [0.29, 0.717) is 12.1 Å². The summed E-state index contributed by atoms with van der Waals surface area (Å²) < 4.78 is 5.50. The van der Waals surface area contributed by atoms with E-state index in [1.54, 1.807) is 6.33 Å². The summed E-state index contributed by atoms with van der Waals surface area (Å²) >= 11 is 0. The van der Waals surface area contributed by atoms with E-state index in [1.807, 2.05) is 0 Å². The first kappa shape index (κ1) is 10.6. The Hall–Kier alpha value is -0.940. The summed E-state index contributed by atoms with van der Waals surface area (Å²) in [4.78, 5) is 4.14. The molecule has 1 aromatic heterocycles. The van der Waals surface area contributed by atoms with Crippen molar-refractivity contribution in [2.75, 3.05) is 6.61 Å². The lowest BCUT2D eigenvalue weighted by Crippen LogP contribution is -2.39. The molecule has 3 unspecified atom stereocenters. The van der Waals surface area contributed by atoms with E-state index in [1.165, 1.54) is 0 Å². The Bertz CT molecular complexity index is 288. The standard InChI is InChI=1S/C10H18N4O/c1-7-5-9(3-4-15-7)13-8(2)10-11-6-12-14-10/h6-9,13H,3-5H2,1-2H3,(H,11,12,14). The van der Waals surface area contributed by atoms with Crippen LogP contribution < -0.4 is 5.32 Å². The fourth-order valence-corrected chi connectivity index (χ4v) is 2.01. The molecular formula is C10H18N4O. The molecule has 0 saturated carbocycles. The highest BCUT2D eigenvalue weighted by Crippen LogP contribution is 2.16. The van der Waals surface area contributed by atoms with Crippen LogP contribution in [0, 0.1) is 0 Å². The molecule has 0 amide bonds. The van der Waals surface area contributed by atoms with Crippen LogP contribution in [0.15, 0.2) is 6.33 Å². The minimum Gasteiger partial charge on any atom is -0.378 e. The van der Waals surface area contributed by atoms with E-state index in [4.69, 9.17) is 4.74 Å². The summed E-state index contributed by atoms with van der Waals surface area (Å²) in [5, 5.41) is 10.3. The second-order valence-electron chi connectivity index (χ2n) is 4.16. The van der Waals surface area contributed by atoms with Gasteiger partial charge in [-0.05, 0) is 26.7 Å². The molecular weight excluding hydrogens is 192 g/mol. The van der Waals surface area contributed by atoms with Gasteiger partial charge in [0.2, 0.25) is 0 Å². The van der Waals surface area contributed by atoms with Gasteiger partial charge in [0.1, 0.15) is 12.2 Å². The van der Waals surface area contributed by atoms with Crippen LogP contribution >= 0.6 is 0 Å². The van der Waals surface area contributed by atoms with E-state index in [9.17, 15) is 0 Å². The van der Waals surface area contributed by atoms with Crippen molar-refractivity contribution in [3.63, 3.8) is 0 Å². The zero-order valence-electron chi connectivity index (χ0n) is 9.23. The second-order valence-corrected chi connectivity index (χ2v) is 4.16. The van der Waals surface area contributed by atoms with E-state index in [2.05, 4.69) is 34.3 Å². The first-order valence-electron chi connectivity index (χ1n) is 5.48. The van der Waals surface area contributed by atoms with Crippen molar-refractivity contribution in [1.29, 1.82) is 0 Å². The molecule has 1 aliphatic rings. The molecule has 1 aliphatic heterocycles.